The van der Waals surface area contributed by atoms with Crippen LogP contribution in [-0.2, 0) is 9.59 Å². The van der Waals surface area contributed by atoms with Crippen molar-refractivity contribution in [3.8, 4) is 0 Å². The van der Waals surface area contributed by atoms with E-state index in [2.05, 4.69) is 32.9 Å². The average molecular weight is 453 g/mol. The number of nitrogens with zero attached hydrogens (tertiary/aromatic N) is 2. The molecule has 0 bridgehead atoms. The lowest BCUT2D eigenvalue weighted by Gasteiger charge is -2.17. The summed E-state index contributed by atoms with van der Waals surface area (Å²) in [5.74, 6) is -0.0141. The zero-order valence-electron chi connectivity index (χ0n) is 13.0. The third-order valence-electron chi connectivity index (χ3n) is 3.88. The van der Waals surface area contributed by atoms with Crippen molar-refractivity contribution in [2.24, 2.45) is 5.92 Å². The molecule has 1 aliphatic rings. The van der Waals surface area contributed by atoms with Crippen molar-refractivity contribution in [3.63, 3.8) is 0 Å². The summed E-state index contributed by atoms with van der Waals surface area (Å²) in [6, 6.07) is 11.5. The fourth-order valence-electron chi connectivity index (χ4n) is 2.59. The van der Waals surface area contributed by atoms with Gasteiger partial charge in [0.25, 0.3) is 0 Å². The minimum atomic E-state index is -0.365. The molecule has 24 heavy (non-hydrogen) atoms. The topological polar surface area (TPSA) is 62.3 Å². The second-order valence-corrected chi connectivity index (χ2v) is 7.47. The largest absolute Gasteiger partial charge is 0.312 e. The third-order valence-corrected chi connectivity index (χ3v) is 5.49. The van der Waals surface area contributed by atoms with Crippen molar-refractivity contribution in [3.05, 3.63) is 46.2 Å². The fourth-order valence-corrected chi connectivity index (χ4v) is 3.48. The van der Waals surface area contributed by atoms with Gasteiger partial charge in [-0.1, -0.05) is 0 Å². The van der Waals surface area contributed by atoms with Gasteiger partial charge in [0.15, 0.2) is 0 Å². The van der Waals surface area contributed by atoms with Crippen LogP contribution in [0.3, 0.4) is 0 Å². The van der Waals surface area contributed by atoms with Gasteiger partial charge >= 0.3 is 0 Å². The Morgan fingerprint density at radius 1 is 1.33 bits per heavy atom. The molecule has 1 saturated heterocycles. The highest BCUT2D eigenvalue weighted by molar-refractivity contribution is 14.1. The number of pyridine rings is 1. The number of thioether (sulfide) groups is 1. The highest BCUT2D eigenvalue weighted by Crippen LogP contribution is 2.28. The SMILES string of the molecule is CSc1ccc(N2C[C@H](C(=O)Nc3ncccc3I)CC2=O)cc1. The maximum absolute atomic E-state index is 12.5. The molecule has 0 spiro atoms. The molecule has 0 unspecified atom stereocenters. The molecule has 1 aromatic carbocycles. The highest BCUT2D eigenvalue weighted by Gasteiger charge is 2.35. The van der Waals surface area contributed by atoms with Crippen molar-refractivity contribution < 1.29 is 9.59 Å². The normalized spacial score (nSPS) is 17.2. The summed E-state index contributed by atoms with van der Waals surface area (Å²) < 4.78 is 0.872. The van der Waals surface area contributed by atoms with Gasteiger partial charge < -0.3 is 10.2 Å². The molecule has 3 rings (SSSR count). The van der Waals surface area contributed by atoms with Gasteiger partial charge in [0.05, 0.1) is 9.49 Å². The minimum Gasteiger partial charge on any atom is -0.312 e. The molecule has 0 radical (unpaired) electrons. The van der Waals surface area contributed by atoms with Gasteiger partial charge in [-0.05, 0) is 65.2 Å². The number of amides is 2. The van der Waals surface area contributed by atoms with E-state index in [-0.39, 0.29) is 24.2 Å². The van der Waals surface area contributed by atoms with Crippen molar-refractivity contribution >= 4 is 57.7 Å². The van der Waals surface area contributed by atoms with Crippen molar-refractivity contribution in [2.45, 2.75) is 11.3 Å². The summed E-state index contributed by atoms with van der Waals surface area (Å²) in [5.41, 5.74) is 0.834. The van der Waals surface area contributed by atoms with Gasteiger partial charge in [0.1, 0.15) is 5.82 Å². The molecule has 2 amide bonds. The Bertz CT molecular complexity index is 767. The smallest absolute Gasteiger partial charge is 0.230 e. The van der Waals surface area contributed by atoms with Crippen LogP contribution in [0.1, 0.15) is 6.42 Å². The molecule has 124 valence electrons. The maximum Gasteiger partial charge on any atom is 0.230 e. The Labute approximate surface area is 158 Å². The Hall–Kier alpha value is -1.61. The van der Waals surface area contributed by atoms with E-state index in [9.17, 15) is 9.59 Å². The van der Waals surface area contributed by atoms with Gasteiger partial charge in [-0.25, -0.2) is 4.98 Å². The first-order valence-corrected chi connectivity index (χ1v) is 9.74. The van der Waals surface area contributed by atoms with Crippen molar-refractivity contribution in [1.82, 2.24) is 4.98 Å². The molecule has 1 N–H and O–H groups in total. The first kappa shape index (κ1) is 17.2. The maximum atomic E-state index is 12.5. The van der Waals surface area contributed by atoms with E-state index in [0.717, 1.165) is 14.2 Å². The first-order valence-electron chi connectivity index (χ1n) is 7.44. The van der Waals surface area contributed by atoms with Gasteiger partial charge in [-0.15, -0.1) is 11.8 Å². The fraction of sp³-hybridized carbons (Fsp3) is 0.235. The predicted molar refractivity (Wildman–Crippen MR) is 104 cm³/mol. The van der Waals surface area contributed by atoms with E-state index >= 15 is 0 Å². The van der Waals surface area contributed by atoms with Gasteiger partial charge in [0.2, 0.25) is 11.8 Å². The van der Waals surface area contributed by atoms with Crippen molar-refractivity contribution in [1.29, 1.82) is 0 Å². The van der Waals surface area contributed by atoms with Crippen LogP contribution in [0, 0.1) is 9.49 Å². The number of rotatable bonds is 4. The number of benzene rings is 1. The molecule has 1 fully saturated rings. The number of halogens is 1. The van der Waals surface area contributed by atoms with Crippen LogP contribution in [0.5, 0.6) is 0 Å². The monoisotopic (exact) mass is 453 g/mol. The van der Waals surface area contributed by atoms with Crippen LogP contribution in [-0.4, -0.2) is 29.6 Å². The summed E-state index contributed by atoms with van der Waals surface area (Å²) in [6.45, 7) is 0.396. The van der Waals surface area contributed by atoms with Crippen LogP contribution in [0.2, 0.25) is 0 Å². The van der Waals surface area contributed by atoms with Crippen molar-refractivity contribution in [2.75, 3.05) is 23.0 Å². The summed E-state index contributed by atoms with van der Waals surface area (Å²) >= 11 is 3.78. The van der Waals surface area contributed by atoms with Crippen LogP contribution < -0.4 is 10.2 Å². The highest BCUT2D eigenvalue weighted by atomic mass is 127. The summed E-state index contributed by atoms with van der Waals surface area (Å²) in [7, 11) is 0. The lowest BCUT2D eigenvalue weighted by atomic mass is 10.1. The van der Waals surface area contributed by atoms with E-state index < -0.39 is 0 Å². The molecule has 0 saturated carbocycles. The Morgan fingerprint density at radius 2 is 2.08 bits per heavy atom. The molecule has 1 atom stereocenters. The first-order chi connectivity index (χ1) is 11.6. The Balaban J connectivity index is 1.69. The molecule has 5 nitrogen and oxygen atoms in total. The molecule has 2 heterocycles. The molecule has 0 aliphatic carbocycles. The van der Waals surface area contributed by atoms with Crippen LogP contribution in [0.25, 0.3) is 0 Å². The average Bonchev–Trinajstić information content (AvgIpc) is 2.99. The van der Waals surface area contributed by atoms with Gasteiger partial charge in [0, 0.05) is 29.7 Å². The zero-order valence-corrected chi connectivity index (χ0v) is 16.0. The summed E-state index contributed by atoms with van der Waals surface area (Å²) in [5, 5.41) is 2.82. The molecule has 7 heteroatoms. The third kappa shape index (κ3) is 3.72. The van der Waals surface area contributed by atoms with E-state index in [4.69, 9.17) is 0 Å². The Kier molecular flexibility index (Phi) is 5.40. The molecular weight excluding hydrogens is 437 g/mol. The van der Waals surface area contributed by atoms with Gasteiger partial charge in [-0.3, -0.25) is 9.59 Å². The van der Waals surface area contributed by atoms with E-state index in [1.165, 1.54) is 0 Å². The van der Waals surface area contributed by atoms with Gasteiger partial charge in [-0.2, -0.15) is 0 Å². The minimum absolute atomic E-state index is 0.0252. The second kappa shape index (κ2) is 7.52. The van der Waals surface area contributed by atoms with Crippen LogP contribution >= 0.6 is 34.4 Å². The lowest BCUT2D eigenvalue weighted by molar-refractivity contribution is -0.122. The summed E-state index contributed by atoms with van der Waals surface area (Å²) in [6.07, 6.45) is 3.87. The number of carbonyl (C=O) groups excluding carboxylic acids is 2. The second-order valence-electron chi connectivity index (χ2n) is 5.43. The number of hydrogen-bond acceptors (Lipinski definition) is 4. The van der Waals surface area contributed by atoms with E-state index in [1.807, 2.05) is 42.7 Å². The predicted octanol–water partition coefficient (Wildman–Crippen LogP) is 3.40. The zero-order chi connectivity index (χ0) is 17.1. The lowest BCUT2D eigenvalue weighted by Crippen LogP contribution is -2.28. The standard InChI is InChI=1S/C17H16IN3O2S/c1-24-13-6-4-12(5-7-13)21-10-11(9-15(21)22)17(23)20-16-14(18)3-2-8-19-16/h2-8,11H,9-10H2,1H3,(H,19,20,23)/t11-/m1/s1. The van der Waals surface area contributed by atoms with Crippen LogP contribution in [0.15, 0.2) is 47.5 Å². The van der Waals surface area contributed by atoms with E-state index in [0.29, 0.717) is 12.4 Å². The molecular formula is C17H16IN3O2S. The number of carbonyl (C=O) groups is 2. The molecule has 1 aliphatic heterocycles. The van der Waals surface area contributed by atoms with E-state index in [1.54, 1.807) is 22.9 Å². The van der Waals surface area contributed by atoms with Crippen LogP contribution in [0.4, 0.5) is 11.5 Å². The molecule has 2 aromatic rings. The number of aromatic nitrogens is 1. The number of hydrogen-bond donors (Lipinski definition) is 1. The Morgan fingerprint density at radius 3 is 2.75 bits per heavy atom. The molecule has 1 aromatic heterocycles. The quantitative estimate of drug-likeness (QED) is 0.570. The number of anilines is 2. The summed E-state index contributed by atoms with van der Waals surface area (Å²) in [4.78, 5) is 31.7. The number of nitrogens with one attached hydrogen (secondary N) is 1.